The number of methoxy groups -OCH3 is 1. The summed E-state index contributed by atoms with van der Waals surface area (Å²) in [7, 11) is 3.53. The summed E-state index contributed by atoms with van der Waals surface area (Å²) in [5, 5.41) is 8.82. The molecule has 0 unspecified atom stereocenters. The number of aromatic nitrogens is 3. The summed E-state index contributed by atoms with van der Waals surface area (Å²) in [5.41, 5.74) is 0. The van der Waals surface area contributed by atoms with Gasteiger partial charge in [0.15, 0.2) is 10.6 Å². The molecule has 0 saturated carbocycles. The minimum Gasteiger partial charge on any atom is -0.496 e. The molecule has 4 nitrogen and oxygen atoms in total. The zero-order chi connectivity index (χ0) is 10.1. The summed E-state index contributed by atoms with van der Waals surface area (Å²) in [6.07, 6.45) is 0. The zero-order valence-corrected chi connectivity index (χ0v) is 9.41. The number of nitrogens with one attached hydrogen (secondary N) is 1. The van der Waals surface area contributed by atoms with Gasteiger partial charge in [-0.2, -0.15) is 5.10 Å². The molecule has 0 aliphatic heterocycles. The van der Waals surface area contributed by atoms with Gasteiger partial charge in [0.2, 0.25) is 0 Å². The molecule has 1 N–H and O–H groups in total. The number of thiophene rings is 1. The van der Waals surface area contributed by atoms with Gasteiger partial charge in [-0.05, 0) is 12.2 Å². The third-order valence-corrected chi connectivity index (χ3v) is 3.18. The predicted molar refractivity (Wildman–Crippen MR) is 58.3 cm³/mol. The fourth-order valence-electron chi connectivity index (χ4n) is 1.11. The van der Waals surface area contributed by atoms with Crippen LogP contribution in [0.4, 0.5) is 0 Å². The van der Waals surface area contributed by atoms with Gasteiger partial charge in [-0.15, -0.1) is 11.3 Å². The Morgan fingerprint density at radius 1 is 1.64 bits per heavy atom. The summed E-state index contributed by atoms with van der Waals surface area (Å²) in [6, 6.07) is 1.94. The first-order valence-corrected chi connectivity index (χ1v) is 5.25. The second kappa shape index (κ2) is 3.55. The van der Waals surface area contributed by atoms with Crippen LogP contribution in [-0.2, 0) is 7.05 Å². The van der Waals surface area contributed by atoms with Crippen LogP contribution in [0.15, 0.2) is 11.4 Å². The van der Waals surface area contributed by atoms with E-state index in [1.165, 1.54) is 0 Å². The SMILES string of the molecule is COc1csc(-c2n[nH]c(=S)n2C)c1. The molecule has 0 aromatic carbocycles. The van der Waals surface area contributed by atoms with Crippen LogP contribution in [0, 0.1) is 4.77 Å². The molecule has 2 heterocycles. The molecule has 14 heavy (non-hydrogen) atoms. The molecule has 0 atom stereocenters. The minimum atomic E-state index is 0.618. The van der Waals surface area contributed by atoms with Gasteiger partial charge in [-0.1, -0.05) is 0 Å². The van der Waals surface area contributed by atoms with E-state index in [1.807, 2.05) is 23.1 Å². The summed E-state index contributed by atoms with van der Waals surface area (Å²) in [6.45, 7) is 0. The Labute approximate surface area is 90.2 Å². The lowest BCUT2D eigenvalue weighted by Gasteiger charge is -1.94. The maximum absolute atomic E-state index is 5.10. The molecular weight excluding hydrogens is 218 g/mol. The maximum atomic E-state index is 5.10. The molecule has 74 valence electrons. The number of hydrogen-bond donors (Lipinski definition) is 1. The summed E-state index contributed by atoms with van der Waals surface area (Å²) in [4.78, 5) is 1.04. The summed E-state index contributed by atoms with van der Waals surface area (Å²) < 4.78 is 7.55. The lowest BCUT2D eigenvalue weighted by molar-refractivity contribution is 0.417. The first-order chi connectivity index (χ1) is 6.72. The molecule has 0 fully saturated rings. The zero-order valence-electron chi connectivity index (χ0n) is 7.77. The Morgan fingerprint density at radius 2 is 2.43 bits per heavy atom. The number of ether oxygens (including phenoxy) is 1. The highest BCUT2D eigenvalue weighted by Gasteiger charge is 2.08. The minimum absolute atomic E-state index is 0.618. The summed E-state index contributed by atoms with van der Waals surface area (Å²) >= 11 is 6.61. The second-order valence-corrected chi connectivity index (χ2v) is 4.06. The highest BCUT2D eigenvalue weighted by atomic mass is 32.1. The largest absolute Gasteiger partial charge is 0.496 e. The Morgan fingerprint density at radius 3 is 2.93 bits per heavy atom. The number of rotatable bonds is 2. The van der Waals surface area contributed by atoms with Crippen LogP contribution in [0.5, 0.6) is 5.75 Å². The van der Waals surface area contributed by atoms with E-state index in [0.29, 0.717) is 4.77 Å². The fraction of sp³-hybridized carbons (Fsp3) is 0.250. The van der Waals surface area contributed by atoms with Crippen molar-refractivity contribution in [2.75, 3.05) is 7.11 Å². The maximum Gasteiger partial charge on any atom is 0.195 e. The quantitative estimate of drug-likeness (QED) is 0.800. The third kappa shape index (κ3) is 1.46. The second-order valence-electron chi connectivity index (χ2n) is 2.76. The van der Waals surface area contributed by atoms with E-state index in [2.05, 4.69) is 10.2 Å². The van der Waals surface area contributed by atoms with Gasteiger partial charge in [-0.3, -0.25) is 5.10 Å². The molecule has 2 aromatic rings. The highest BCUT2D eigenvalue weighted by Crippen LogP contribution is 2.29. The third-order valence-electron chi connectivity index (χ3n) is 1.91. The van der Waals surface area contributed by atoms with Crippen molar-refractivity contribution in [1.82, 2.24) is 14.8 Å². The highest BCUT2D eigenvalue weighted by molar-refractivity contribution is 7.71. The van der Waals surface area contributed by atoms with Crippen molar-refractivity contribution < 1.29 is 4.74 Å². The van der Waals surface area contributed by atoms with Crippen LogP contribution in [0.1, 0.15) is 0 Å². The summed E-state index contributed by atoms with van der Waals surface area (Å²) in [5.74, 6) is 1.68. The van der Waals surface area contributed by atoms with Crippen molar-refractivity contribution in [3.05, 3.63) is 16.2 Å². The van der Waals surface area contributed by atoms with Crippen LogP contribution in [-0.4, -0.2) is 21.9 Å². The molecule has 0 bridgehead atoms. The van der Waals surface area contributed by atoms with Gasteiger partial charge >= 0.3 is 0 Å². The van der Waals surface area contributed by atoms with Gasteiger partial charge in [0, 0.05) is 18.5 Å². The predicted octanol–water partition coefficient (Wildman–Crippen LogP) is 2.21. The Kier molecular flexibility index (Phi) is 2.39. The van der Waals surface area contributed by atoms with Crippen LogP contribution in [0.25, 0.3) is 10.7 Å². The first kappa shape index (κ1) is 9.42. The van der Waals surface area contributed by atoms with E-state index in [0.717, 1.165) is 16.5 Å². The van der Waals surface area contributed by atoms with Gasteiger partial charge in [0.25, 0.3) is 0 Å². The Balaban J connectivity index is 2.49. The molecule has 0 aliphatic carbocycles. The van der Waals surface area contributed by atoms with Crippen molar-refractivity contribution >= 4 is 23.6 Å². The smallest absolute Gasteiger partial charge is 0.195 e. The van der Waals surface area contributed by atoms with E-state index in [4.69, 9.17) is 17.0 Å². The molecular formula is C8H9N3OS2. The van der Waals surface area contributed by atoms with Gasteiger partial charge in [0.05, 0.1) is 12.0 Å². The lowest BCUT2D eigenvalue weighted by Crippen LogP contribution is -1.90. The molecule has 2 aromatic heterocycles. The number of nitrogens with zero attached hydrogens (tertiary/aromatic N) is 2. The molecule has 6 heteroatoms. The lowest BCUT2D eigenvalue weighted by atomic mass is 10.4. The van der Waals surface area contributed by atoms with Gasteiger partial charge in [-0.25, -0.2) is 0 Å². The van der Waals surface area contributed by atoms with Crippen LogP contribution in [0.2, 0.25) is 0 Å². The van der Waals surface area contributed by atoms with E-state index in [1.54, 1.807) is 18.4 Å². The van der Waals surface area contributed by atoms with Gasteiger partial charge < -0.3 is 9.30 Å². The van der Waals surface area contributed by atoms with Crippen molar-refractivity contribution in [2.24, 2.45) is 7.05 Å². The van der Waals surface area contributed by atoms with Crippen molar-refractivity contribution in [2.45, 2.75) is 0 Å². The standard InChI is InChI=1S/C8H9N3OS2/c1-11-7(9-10-8(11)13)6-3-5(12-2)4-14-6/h3-4H,1-2H3,(H,10,13). The van der Waals surface area contributed by atoms with Crippen LogP contribution < -0.4 is 4.74 Å². The molecule has 0 radical (unpaired) electrons. The Hall–Kier alpha value is -1.14. The topological polar surface area (TPSA) is 42.8 Å². The van der Waals surface area contributed by atoms with Gasteiger partial charge in [0.1, 0.15) is 5.75 Å². The monoisotopic (exact) mass is 227 g/mol. The van der Waals surface area contributed by atoms with Crippen LogP contribution in [0.3, 0.4) is 0 Å². The molecule has 0 spiro atoms. The van der Waals surface area contributed by atoms with E-state index in [-0.39, 0.29) is 0 Å². The first-order valence-electron chi connectivity index (χ1n) is 3.96. The molecule has 0 amide bonds. The fourth-order valence-corrected chi connectivity index (χ4v) is 2.12. The van der Waals surface area contributed by atoms with Crippen molar-refractivity contribution in [3.63, 3.8) is 0 Å². The number of aromatic amines is 1. The molecule has 0 saturated heterocycles. The normalized spacial score (nSPS) is 10.4. The molecule has 0 aliphatic rings. The van der Waals surface area contributed by atoms with Crippen LogP contribution >= 0.6 is 23.6 Å². The van der Waals surface area contributed by atoms with E-state index in [9.17, 15) is 0 Å². The Bertz CT molecular complexity index is 497. The van der Waals surface area contributed by atoms with E-state index < -0.39 is 0 Å². The average molecular weight is 227 g/mol. The molecule has 2 rings (SSSR count). The number of H-pyrrole nitrogens is 1. The van der Waals surface area contributed by atoms with Crippen molar-refractivity contribution in [1.29, 1.82) is 0 Å². The number of hydrogen-bond acceptors (Lipinski definition) is 4. The van der Waals surface area contributed by atoms with Crippen molar-refractivity contribution in [3.8, 4) is 16.5 Å². The average Bonchev–Trinajstić information content (AvgIpc) is 2.75. The van der Waals surface area contributed by atoms with E-state index >= 15 is 0 Å².